The molecule has 0 radical (unpaired) electrons. The van der Waals surface area contributed by atoms with Gasteiger partial charge in [-0.1, -0.05) is 12.7 Å². The predicted octanol–water partition coefficient (Wildman–Crippen LogP) is 1.03. The number of ether oxygens (including phenoxy) is 1. The van der Waals surface area contributed by atoms with E-state index in [1.54, 1.807) is 6.92 Å². The molecule has 134 valence electrons. The zero-order chi connectivity index (χ0) is 18.0. The van der Waals surface area contributed by atoms with E-state index in [1.165, 1.54) is 0 Å². The Labute approximate surface area is 145 Å². The van der Waals surface area contributed by atoms with Crippen molar-refractivity contribution in [2.75, 3.05) is 0 Å². The summed E-state index contributed by atoms with van der Waals surface area (Å²) in [5, 5.41) is 31.7. The molecule has 6 nitrogen and oxygen atoms in total. The number of hydrogen-bond acceptors (Lipinski definition) is 5. The molecule has 4 bridgehead atoms. The summed E-state index contributed by atoms with van der Waals surface area (Å²) in [6.45, 7) is 5.74. The first-order valence-electron chi connectivity index (χ1n) is 8.84. The van der Waals surface area contributed by atoms with E-state index in [9.17, 15) is 24.9 Å². The molecule has 3 saturated carbocycles. The number of carboxylic acid groups (broad SMARTS) is 1. The molecule has 25 heavy (non-hydrogen) atoms. The van der Waals surface area contributed by atoms with Gasteiger partial charge in [0.25, 0.3) is 0 Å². The lowest BCUT2D eigenvalue weighted by Crippen LogP contribution is -2.53. The third-order valence-electron chi connectivity index (χ3n) is 8.05. The maximum atomic E-state index is 12.7. The van der Waals surface area contributed by atoms with Gasteiger partial charge >= 0.3 is 11.9 Å². The summed E-state index contributed by atoms with van der Waals surface area (Å²) in [5.74, 6) is -2.93. The Bertz CT molecular complexity index is 772. The molecule has 1 saturated heterocycles. The summed E-state index contributed by atoms with van der Waals surface area (Å²) >= 11 is 0. The van der Waals surface area contributed by atoms with Gasteiger partial charge in [-0.2, -0.15) is 0 Å². The van der Waals surface area contributed by atoms with Crippen molar-refractivity contribution in [1.82, 2.24) is 0 Å². The Hall–Kier alpha value is -1.66. The van der Waals surface area contributed by atoms with Crippen molar-refractivity contribution in [3.63, 3.8) is 0 Å². The highest BCUT2D eigenvalue weighted by Crippen LogP contribution is 2.77. The quantitative estimate of drug-likeness (QED) is 0.484. The highest BCUT2D eigenvalue weighted by Gasteiger charge is 2.83. The fourth-order valence-corrected chi connectivity index (χ4v) is 7.12. The average Bonchev–Trinajstić information content (AvgIpc) is 2.93. The number of carboxylic acids is 1. The lowest BCUT2D eigenvalue weighted by atomic mass is 9.61. The lowest BCUT2D eigenvalue weighted by Gasteiger charge is -2.46. The van der Waals surface area contributed by atoms with Gasteiger partial charge in [-0.25, -0.2) is 0 Å². The number of allylic oxidation sites excluding steroid dienone is 1. The van der Waals surface area contributed by atoms with Gasteiger partial charge in [0.2, 0.25) is 0 Å². The van der Waals surface area contributed by atoms with E-state index in [2.05, 4.69) is 6.58 Å². The van der Waals surface area contributed by atoms with Crippen molar-refractivity contribution in [2.24, 2.45) is 28.6 Å². The molecule has 3 N–H and O–H groups in total. The molecule has 4 fully saturated rings. The number of aliphatic carboxylic acids is 1. The summed E-state index contributed by atoms with van der Waals surface area (Å²) in [5.41, 5.74) is -3.56. The zero-order valence-corrected chi connectivity index (χ0v) is 14.1. The summed E-state index contributed by atoms with van der Waals surface area (Å²) in [6.07, 6.45) is 3.93. The lowest BCUT2D eigenvalue weighted by molar-refractivity contribution is -0.167. The van der Waals surface area contributed by atoms with Crippen molar-refractivity contribution in [1.29, 1.82) is 0 Å². The Morgan fingerprint density at radius 1 is 1.44 bits per heavy atom. The maximum absolute atomic E-state index is 12.7. The van der Waals surface area contributed by atoms with Crippen LogP contribution in [0.5, 0.6) is 0 Å². The fourth-order valence-electron chi connectivity index (χ4n) is 7.12. The second-order valence-electron chi connectivity index (χ2n) is 8.98. The number of esters is 1. The topological polar surface area (TPSA) is 104 Å². The average molecular weight is 346 g/mol. The normalized spacial score (nSPS) is 58.0. The molecule has 5 rings (SSSR count). The van der Waals surface area contributed by atoms with E-state index in [1.807, 2.05) is 12.2 Å². The van der Waals surface area contributed by atoms with Gasteiger partial charge in [0.1, 0.15) is 11.2 Å². The van der Waals surface area contributed by atoms with Gasteiger partial charge < -0.3 is 20.1 Å². The summed E-state index contributed by atoms with van der Waals surface area (Å²) in [4.78, 5) is 25.0. The van der Waals surface area contributed by atoms with Crippen molar-refractivity contribution in [3.8, 4) is 0 Å². The monoisotopic (exact) mass is 346 g/mol. The van der Waals surface area contributed by atoms with E-state index in [-0.39, 0.29) is 24.7 Å². The van der Waals surface area contributed by atoms with Crippen LogP contribution >= 0.6 is 0 Å². The van der Waals surface area contributed by atoms with E-state index >= 15 is 0 Å². The van der Waals surface area contributed by atoms with Crippen LogP contribution in [0.3, 0.4) is 0 Å². The first-order valence-corrected chi connectivity index (χ1v) is 8.84. The van der Waals surface area contributed by atoms with Crippen LogP contribution in [0.4, 0.5) is 0 Å². The smallest absolute Gasteiger partial charge is 0.313 e. The number of aliphatic hydroxyl groups is 2. The van der Waals surface area contributed by atoms with Crippen LogP contribution in [0.1, 0.15) is 32.6 Å². The number of hydrogen-bond donors (Lipinski definition) is 3. The van der Waals surface area contributed by atoms with Crippen LogP contribution < -0.4 is 0 Å². The molecule has 0 aromatic carbocycles. The molecule has 1 unspecified atom stereocenters. The zero-order valence-electron chi connectivity index (χ0n) is 14.1. The standard InChI is InChI=1S/C19H22O6/c1-9-7-17-8-18(9,24)11(20)6-10(17)19-5-3-4-16(2,15(23)25-19)13(19)12(17)14(21)22/h3,5,10-13,20,24H,1,4,6-8H2,2H3,(H,21,22)/t10-,11-,12-,13-,16+,17?,18+,19+/m1/s1. The summed E-state index contributed by atoms with van der Waals surface area (Å²) < 4.78 is 5.90. The molecular weight excluding hydrogens is 324 g/mol. The second-order valence-corrected chi connectivity index (χ2v) is 8.98. The summed E-state index contributed by atoms with van der Waals surface area (Å²) in [6, 6.07) is 0. The van der Waals surface area contributed by atoms with Crippen LogP contribution in [-0.4, -0.2) is 44.6 Å². The van der Waals surface area contributed by atoms with Crippen LogP contribution in [0.25, 0.3) is 0 Å². The first kappa shape index (κ1) is 15.6. The molecule has 5 aliphatic rings. The highest BCUT2D eigenvalue weighted by molar-refractivity contribution is 5.85. The first-order chi connectivity index (χ1) is 11.6. The minimum absolute atomic E-state index is 0.168. The molecule has 1 spiro atoms. The number of carbonyl (C=O) groups excluding carboxylic acids is 1. The molecule has 0 amide bonds. The van der Waals surface area contributed by atoms with E-state index in [0.717, 1.165) is 0 Å². The van der Waals surface area contributed by atoms with Gasteiger partial charge in [0.15, 0.2) is 0 Å². The Morgan fingerprint density at radius 2 is 2.16 bits per heavy atom. The fraction of sp³-hybridized carbons (Fsp3) is 0.684. The minimum atomic E-state index is -1.44. The van der Waals surface area contributed by atoms with Gasteiger partial charge in [-0.3, -0.25) is 9.59 Å². The molecule has 0 aromatic rings. The maximum Gasteiger partial charge on any atom is 0.313 e. The van der Waals surface area contributed by atoms with E-state index < -0.39 is 45.9 Å². The van der Waals surface area contributed by atoms with Crippen LogP contribution in [0, 0.1) is 28.6 Å². The van der Waals surface area contributed by atoms with Gasteiger partial charge in [-0.05, 0) is 49.7 Å². The molecule has 1 aliphatic heterocycles. The minimum Gasteiger partial charge on any atom is -0.481 e. The predicted molar refractivity (Wildman–Crippen MR) is 85.2 cm³/mol. The molecule has 0 aromatic heterocycles. The van der Waals surface area contributed by atoms with Crippen molar-refractivity contribution >= 4 is 11.9 Å². The highest BCUT2D eigenvalue weighted by atomic mass is 16.6. The third-order valence-corrected chi connectivity index (χ3v) is 8.05. The van der Waals surface area contributed by atoms with Crippen LogP contribution in [-0.2, 0) is 14.3 Å². The SMILES string of the molecule is C=C1CC23C[C@@]1(O)[C@H](O)C[C@H]2[C@]12C=CC[C@](C)(C(=O)O1)[C@H]2[C@@H]3C(=O)O. The number of aliphatic hydroxyl groups excluding tert-OH is 1. The van der Waals surface area contributed by atoms with Crippen LogP contribution in [0.2, 0.25) is 0 Å². The number of rotatable bonds is 1. The van der Waals surface area contributed by atoms with E-state index in [0.29, 0.717) is 18.4 Å². The largest absolute Gasteiger partial charge is 0.481 e. The molecular formula is C19H22O6. The second kappa shape index (κ2) is 4.01. The molecule has 1 heterocycles. The molecule has 6 heteroatoms. The van der Waals surface area contributed by atoms with Crippen molar-refractivity contribution < 1.29 is 29.6 Å². The van der Waals surface area contributed by atoms with Gasteiger partial charge in [0, 0.05) is 11.8 Å². The molecule has 8 atom stereocenters. The molecule has 4 aliphatic carbocycles. The van der Waals surface area contributed by atoms with E-state index in [4.69, 9.17) is 4.74 Å². The van der Waals surface area contributed by atoms with Crippen LogP contribution in [0.15, 0.2) is 24.3 Å². The van der Waals surface area contributed by atoms with Gasteiger partial charge in [-0.15, -0.1) is 0 Å². The number of fused-ring (bicyclic) bond motifs is 1. The number of carbonyl (C=O) groups is 2. The van der Waals surface area contributed by atoms with Crippen molar-refractivity contribution in [3.05, 3.63) is 24.3 Å². The van der Waals surface area contributed by atoms with Gasteiger partial charge in [0.05, 0.1) is 17.4 Å². The Balaban J connectivity index is 1.78. The Morgan fingerprint density at radius 3 is 2.84 bits per heavy atom. The Kier molecular flexibility index (Phi) is 2.50. The van der Waals surface area contributed by atoms with Crippen molar-refractivity contribution in [2.45, 2.75) is 49.9 Å². The summed E-state index contributed by atoms with van der Waals surface area (Å²) in [7, 11) is 0. The third kappa shape index (κ3) is 1.36.